The topological polar surface area (TPSA) is 61.6 Å². The SMILES string of the molecule is O=[N+]([O-])/C=C/c1ccc(OCc2ccccc2)c(OC(F)(F)F)c1. The zero-order valence-electron chi connectivity index (χ0n) is 12.2. The molecular formula is C16H12F3NO4. The van der Waals surface area contributed by atoms with Crippen molar-refractivity contribution in [1.82, 2.24) is 0 Å². The number of nitro groups is 1. The Balaban J connectivity index is 2.23. The number of hydrogen-bond acceptors (Lipinski definition) is 4. The van der Waals surface area contributed by atoms with Crippen LogP contribution >= 0.6 is 0 Å². The van der Waals surface area contributed by atoms with Crippen LogP contribution in [0.25, 0.3) is 6.08 Å². The summed E-state index contributed by atoms with van der Waals surface area (Å²) < 4.78 is 46.9. The van der Waals surface area contributed by atoms with E-state index in [1.165, 1.54) is 12.1 Å². The van der Waals surface area contributed by atoms with Crippen LogP contribution in [0.5, 0.6) is 11.5 Å². The Bertz CT molecular complexity index is 730. The second kappa shape index (κ2) is 7.49. The van der Waals surface area contributed by atoms with E-state index < -0.39 is 17.0 Å². The molecule has 0 bridgehead atoms. The first kappa shape index (κ1) is 17.3. The number of halogens is 3. The molecular weight excluding hydrogens is 327 g/mol. The molecule has 0 heterocycles. The fourth-order valence-electron chi connectivity index (χ4n) is 1.83. The normalized spacial score (nSPS) is 11.5. The second-order valence-corrected chi connectivity index (χ2v) is 4.63. The Labute approximate surface area is 135 Å². The van der Waals surface area contributed by atoms with Crippen LogP contribution in [0.4, 0.5) is 13.2 Å². The lowest BCUT2D eigenvalue weighted by molar-refractivity contribution is -0.400. The molecule has 24 heavy (non-hydrogen) atoms. The molecule has 0 aliphatic rings. The summed E-state index contributed by atoms with van der Waals surface area (Å²) in [5.41, 5.74) is 0.950. The van der Waals surface area contributed by atoms with E-state index in [1.54, 1.807) is 30.3 Å². The van der Waals surface area contributed by atoms with Crippen LogP contribution in [0.15, 0.2) is 54.7 Å². The number of nitrogens with zero attached hydrogens (tertiary/aromatic N) is 1. The first-order valence-electron chi connectivity index (χ1n) is 6.72. The molecule has 0 aliphatic carbocycles. The van der Waals surface area contributed by atoms with Crippen molar-refractivity contribution >= 4 is 6.08 Å². The first-order valence-corrected chi connectivity index (χ1v) is 6.72. The minimum Gasteiger partial charge on any atom is -0.485 e. The summed E-state index contributed by atoms with van der Waals surface area (Å²) in [7, 11) is 0. The van der Waals surface area contributed by atoms with Crippen LogP contribution in [0.2, 0.25) is 0 Å². The van der Waals surface area contributed by atoms with E-state index >= 15 is 0 Å². The number of rotatable bonds is 6. The second-order valence-electron chi connectivity index (χ2n) is 4.63. The molecule has 0 saturated heterocycles. The Morgan fingerprint density at radius 3 is 2.42 bits per heavy atom. The Hall–Kier alpha value is -3.03. The third-order valence-corrected chi connectivity index (χ3v) is 2.82. The summed E-state index contributed by atoms with van der Waals surface area (Å²) in [6, 6.07) is 12.6. The molecule has 2 aromatic rings. The monoisotopic (exact) mass is 339 g/mol. The van der Waals surface area contributed by atoms with Crippen LogP contribution in [0, 0.1) is 10.1 Å². The number of hydrogen-bond donors (Lipinski definition) is 0. The van der Waals surface area contributed by atoms with E-state index in [-0.39, 0.29) is 17.9 Å². The van der Waals surface area contributed by atoms with E-state index in [4.69, 9.17) is 4.74 Å². The van der Waals surface area contributed by atoms with E-state index in [2.05, 4.69) is 4.74 Å². The van der Waals surface area contributed by atoms with Gasteiger partial charge in [0.2, 0.25) is 6.20 Å². The van der Waals surface area contributed by atoms with E-state index in [1.807, 2.05) is 0 Å². The van der Waals surface area contributed by atoms with E-state index in [9.17, 15) is 23.3 Å². The first-order chi connectivity index (χ1) is 11.3. The van der Waals surface area contributed by atoms with Gasteiger partial charge < -0.3 is 9.47 Å². The molecule has 0 amide bonds. The van der Waals surface area contributed by atoms with Crippen molar-refractivity contribution in [3.63, 3.8) is 0 Å². The molecule has 0 atom stereocenters. The molecule has 5 nitrogen and oxygen atoms in total. The maximum Gasteiger partial charge on any atom is 0.573 e. The maximum absolute atomic E-state index is 12.5. The number of ether oxygens (including phenoxy) is 2. The van der Waals surface area contributed by atoms with E-state index in [0.29, 0.717) is 6.20 Å². The van der Waals surface area contributed by atoms with Gasteiger partial charge in [-0.25, -0.2) is 0 Å². The van der Waals surface area contributed by atoms with Gasteiger partial charge in [-0.05, 0) is 23.3 Å². The molecule has 0 radical (unpaired) electrons. The van der Waals surface area contributed by atoms with Gasteiger partial charge in [-0.3, -0.25) is 10.1 Å². The van der Waals surface area contributed by atoms with Crippen molar-refractivity contribution in [2.45, 2.75) is 13.0 Å². The predicted molar refractivity (Wildman–Crippen MR) is 79.9 cm³/mol. The van der Waals surface area contributed by atoms with E-state index in [0.717, 1.165) is 17.7 Å². The quantitative estimate of drug-likeness (QED) is 0.578. The minimum atomic E-state index is -4.91. The minimum absolute atomic E-state index is 0.0547. The number of alkyl halides is 3. The zero-order valence-corrected chi connectivity index (χ0v) is 12.2. The lowest BCUT2D eigenvalue weighted by atomic mass is 10.2. The summed E-state index contributed by atoms with van der Waals surface area (Å²) in [4.78, 5) is 9.58. The highest BCUT2D eigenvalue weighted by molar-refractivity contribution is 5.55. The van der Waals surface area contributed by atoms with Gasteiger partial charge in [0, 0.05) is 6.08 Å². The molecule has 126 valence electrons. The van der Waals surface area contributed by atoms with Crippen molar-refractivity contribution in [2.75, 3.05) is 0 Å². The molecule has 0 fully saturated rings. The zero-order chi connectivity index (χ0) is 17.6. The highest BCUT2D eigenvalue weighted by atomic mass is 19.4. The van der Waals surface area contributed by atoms with Crippen molar-refractivity contribution < 1.29 is 27.6 Å². The molecule has 0 aromatic heterocycles. The van der Waals surface area contributed by atoms with Gasteiger partial charge in [-0.15, -0.1) is 13.2 Å². The Morgan fingerprint density at radius 2 is 1.79 bits per heavy atom. The van der Waals surface area contributed by atoms with Gasteiger partial charge in [-0.1, -0.05) is 36.4 Å². The Kier molecular flexibility index (Phi) is 5.41. The summed E-state index contributed by atoms with van der Waals surface area (Å²) in [6.45, 7) is 0.0547. The van der Waals surface area contributed by atoms with Crippen LogP contribution in [0.3, 0.4) is 0 Å². The fraction of sp³-hybridized carbons (Fsp3) is 0.125. The molecule has 2 rings (SSSR count). The maximum atomic E-state index is 12.5. The molecule has 0 unspecified atom stereocenters. The summed E-state index contributed by atoms with van der Waals surface area (Å²) in [6.07, 6.45) is -3.22. The predicted octanol–water partition coefficient (Wildman–Crippen LogP) is 4.41. The lowest BCUT2D eigenvalue weighted by Gasteiger charge is -2.14. The molecule has 0 saturated carbocycles. The Morgan fingerprint density at radius 1 is 1.08 bits per heavy atom. The largest absolute Gasteiger partial charge is 0.573 e. The summed E-state index contributed by atoms with van der Waals surface area (Å²) in [5.74, 6) is -0.682. The van der Waals surface area contributed by atoms with Crippen LogP contribution < -0.4 is 9.47 Å². The summed E-state index contributed by atoms with van der Waals surface area (Å²) >= 11 is 0. The van der Waals surface area contributed by atoms with Crippen LogP contribution in [-0.2, 0) is 6.61 Å². The standard InChI is InChI=1S/C16H12F3NO4/c17-16(18,19)24-15-10-12(8-9-20(21)22)6-7-14(15)23-11-13-4-2-1-3-5-13/h1-10H,11H2/b9-8+. The molecule has 8 heteroatoms. The average Bonchev–Trinajstić information content (AvgIpc) is 2.51. The fourth-order valence-corrected chi connectivity index (χ4v) is 1.83. The van der Waals surface area contributed by atoms with Crippen LogP contribution in [-0.4, -0.2) is 11.3 Å². The third-order valence-electron chi connectivity index (χ3n) is 2.82. The van der Waals surface area contributed by atoms with Gasteiger partial charge >= 0.3 is 6.36 Å². The lowest BCUT2D eigenvalue weighted by Crippen LogP contribution is -2.17. The van der Waals surface area contributed by atoms with Crippen molar-refractivity contribution in [1.29, 1.82) is 0 Å². The highest BCUT2D eigenvalue weighted by Gasteiger charge is 2.32. The van der Waals surface area contributed by atoms with Gasteiger partial charge in [0.25, 0.3) is 0 Å². The highest BCUT2D eigenvalue weighted by Crippen LogP contribution is 2.34. The third kappa shape index (κ3) is 5.64. The molecule has 0 spiro atoms. The van der Waals surface area contributed by atoms with Crippen LogP contribution in [0.1, 0.15) is 11.1 Å². The average molecular weight is 339 g/mol. The number of benzene rings is 2. The molecule has 0 aliphatic heterocycles. The van der Waals surface area contributed by atoms with Gasteiger partial charge in [-0.2, -0.15) is 0 Å². The van der Waals surface area contributed by atoms with Gasteiger partial charge in [0.1, 0.15) is 6.61 Å². The molecule has 0 N–H and O–H groups in total. The van der Waals surface area contributed by atoms with Gasteiger partial charge in [0.15, 0.2) is 11.5 Å². The van der Waals surface area contributed by atoms with Gasteiger partial charge in [0.05, 0.1) is 4.92 Å². The van der Waals surface area contributed by atoms with Crippen molar-refractivity contribution in [3.8, 4) is 11.5 Å². The molecule has 2 aromatic carbocycles. The smallest absolute Gasteiger partial charge is 0.485 e. The summed E-state index contributed by atoms with van der Waals surface area (Å²) in [5, 5.41) is 10.3. The van der Waals surface area contributed by atoms with Crippen molar-refractivity contribution in [2.24, 2.45) is 0 Å². The van der Waals surface area contributed by atoms with Crippen molar-refractivity contribution in [3.05, 3.63) is 76.0 Å².